The number of hydrogen-bond donors (Lipinski definition) is 0. The largest absolute Gasteiger partial charge is 0.378 e. The van der Waals surface area contributed by atoms with Gasteiger partial charge in [0.25, 0.3) is 0 Å². The first-order valence-corrected chi connectivity index (χ1v) is 12.0. The van der Waals surface area contributed by atoms with Crippen LogP contribution in [0, 0.1) is 11.6 Å². The number of amides is 2. The third-order valence-electron chi connectivity index (χ3n) is 6.85. The fraction of sp³-hybridized carbons (Fsp3) is 0.423. The first-order chi connectivity index (χ1) is 17.0. The maximum atomic E-state index is 14.3. The van der Waals surface area contributed by atoms with E-state index in [9.17, 15) is 13.6 Å². The molecule has 2 amide bonds. The molecule has 184 valence electrons. The topological polar surface area (TPSA) is 71.7 Å². The van der Waals surface area contributed by atoms with Crippen molar-refractivity contribution in [1.29, 1.82) is 0 Å². The average Bonchev–Trinajstić information content (AvgIpc) is 3.40. The number of aromatic nitrogens is 2. The van der Waals surface area contributed by atoms with E-state index in [2.05, 4.69) is 41.3 Å². The number of likely N-dealkylation sites (tertiary alicyclic amines) is 1. The fourth-order valence-corrected chi connectivity index (χ4v) is 4.84. The highest BCUT2D eigenvalue weighted by Crippen LogP contribution is 2.36. The number of aryl methyl sites for hydroxylation is 1. The molecule has 0 spiro atoms. The van der Waals surface area contributed by atoms with Crippen molar-refractivity contribution in [2.75, 3.05) is 39.4 Å². The molecule has 0 radical (unpaired) electrons. The summed E-state index contributed by atoms with van der Waals surface area (Å²) in [5, 5.41) is 3.92. The van der Waals surface area contributed by atoms with Crippen molar-refractivity contribution in [3.8, 4) is 11.4 Å². The lowest BCUT2D eigenvalue weighted by Gasteiger charge is -2.40. The van der Waals surface area contributed by atoms with E-state index in [1.165, 1.54) is 17.7 Å². The van der Waals surface area contributed by atoms with Gasteiger partial charge in [-0.25, -0.2) is 13.6 Å². The Morgan fingerprint density at radius 1 is 1.03 bits per heavy atom. The van der Waals surface area contributed by atoms with Crippen LogP contribution in [0.4, 0.5) is 13.6 Å². The second-order valence-electron chi connectivity index (χ2n) is 9.07. The highest BCUT2D eigenvalue weighted by Gasteiger charge is 2.36. The predicted octanol–water partition coefficient (Wildman–Crippen LogP) is 4.60. The van der Waals surface area contributed by atoms with Gasteiger partial charge in [-0.3, -0.25) is 0 Å². The average molecular weight is 483 g/mol. The molecular weight excluding hydrogens is 454 g/mol. The zero-order valence-corrected chi connectivity index (χ0v) is 19.6. The van der Waals surface area contributed by atoms with Gasteiger partial charge in [-0.05, 0) is 36.1 Å². The molecule has 2 fully saturated rings. The van der Waals surface area contributed by atoms with Crippen molar-refractivity contribution >= 4 is 6.03 Å². The minimum Gasteiger partial charge on any atom is -0.378 e. The number of halogens is 2. The van der Waals surface area contributed by atoms with Gasteiger partial charge < -0.3 is 19.1 Å². The summed E-state index contributed by atoms with van der Waals surface area (Å²) < 4.78 is 38.9. The Kier molecular flexibility index (Phi) is 6.77. The number of hydrogen-bond acceptors (Lipinski definition) is 5. The molecule has 0 N–H and O–H groups in total. The molecule has 0 bridgehead atoms. The van der Waals surface area contributed by atoms with Crippen LogP contribution in [0.25, 0.3) is 11.4 Å². The van der Waals surface area contributed by atoms with Crippen LogP contribution in [0.15, 0.2) is 47.0 Å². The molecule has 5 rings (SSSR count). The van der Waals surface area contributed by atoms with Gasteiger partial charge in [0.1, 0.15) is 0 Å². The summed E-state index contributed by atoms with van der Waals surface area (Å²) in [6.45, 7) is 5.26. The van der Waals surface area contributed by atoms with E-state index >= 15 is 0 Å². The van der Waals surface area contributed by atoms with E-state index in [1.807, 2.05) is 9.80 Å². The van der Waals surface area contributed by atoms with Crippen LogP contribution in [0.2, 0.25) is 0 Å². The summed E-state index contributed by atoms with van der Waals surface area (Å²) >= 11 is 0. The Balaban J connectivity index is 1.43. The molecule has 2 aliphatic heterocycles. The molecule has 2 aliphatic rings. The third-order valence-corrected chi connectivity index (χ3v) is 6.85. The molecule has 7 nitrogen and oxygen atoms in total. The van der Waals surface area contributed by atoms with Crippen molar-refractivity contribution in [3.05, 3.63) is 71.1 Å². The van der Waals surface area contributed by atoms with Gasteiger partial charge in [-0.15, -0.1) is 0 Å². The molecule has 0 aliphatic carbocycles. The lowest BCUT2D eigenvalue weighted by atomic mass is 9.84. The van der Waals surface area contributed by atoms with Gasteiger partial charge >= 0.3 is 6.03 Å². The number of piperidine rings is 1. The first-order valence-electron chi connectivity index (χ1n) is 12.0. The summed E-state index contributed by atoms with van der Waals surface area (Å²) in [5.74, 6) is -1.82. The van der Waals surface area contributed by atoms with Crippen LogP contribution in [0.3, 0.4) is 0 Å². The predicted molar refractivity (Wildman–Crippen MR) is 125 cm³/mol. The Bertz CT molecular complexity index is 1180. The van der Waals surface area contributed by atoms with Gasteiger partial charge in [0.05, 0.1) is 24.7 Å². The Labute approximate surface area is 202 Å². The number of benzene rings is 2. The van der Waals surface area contributed by atoms with Gasteiger partial charge in [-0.2, -0.15) is 4.98 Å². The SMILES string of the molecule is CCc1ccc(C2CC(c3nc(-c4cccc(F)c4F)no3)CN(C(=O)N3CCOCC3)C2)cc1. The van der Waals surface area contributed by atoms with Crippen molar-refractivity contribution < 1.29 is 22.8 Å². The van der Waals surface area contributed by atoms with Crippen LogP contribution in [0.1, 0.15) is 42.2 Å². The molecule has 0 saturated carbocycles. The summed E-state index contributed by atoms with van der Waals surface area (Å²) in [6.07, 6.45) is 1.66. The number of carbonyl (C=O) groups is 1. The number of ether oxygens (including phenoxy) is 1. The number of urea groups is 1. The van der Waals surface area contributed by atoms with Gasteiger partial charge in [0.15, 0.2) is 11.6 Å². The van der Waals surface area contributed by atoms with Crippen molar-refractivity contribution in [1.82, 2.24) is 19.9 Å². The van der Waals surface area contributed by atoms with Crippen LogP contribution < -0.4 is 0 Å². The van der Waals surface area contributed by atoms with Crippen molar-refractivity contribution in [3.63, 3.8) is 0 Å². The van der Waals surface area contributed by atoms with Gasteiger partial charge in [0.2, 0.25) is 11.7 Å². The third kappa shape index (κ3) is 4.91. The maximum absolute atomic E-state index is 14.3. The molecule has 3 heterocycles. The van der Waals surface area contributed by atoms with Crippen LogP contribution in [-0.2, 0) is 11.2 Å². The lowest BCUT2D eigenvalue weighted by molar-refractivity contribution is 0.0392. The molecular formula is C26H28F2N4O3. The molecule has 1 aromatic heterocycles. The fourth-order valence-electron chi connectivity index (χ4n) is 4.84. The Hall–Kier alpha value is -3.33. The zero-order chi connectivity index (χ0) is 24.4. The lowest BCUT2D eigenvalue weighted by Crippen LogP contribution is -2.52. The normalized spacial score (nSPS) is 20.8. The molecule has 9 heteroatoms. The molecule has 2 aromatic carbocycles. The highest BCUT2D eigenvalue weighted by atomic mass is 19.2. The number of carbonyl (C=O) groups excluding carboxylic acids is 1. The summed E-state index contributed by atoms with van der Waals surface area (Å²) in [6, 6.07) is 12.3. The maximum Gasteiger partial charge on any atom is 0.320 e. The van der Waals surface area contributed by atoms with Crippen molar-refractivity contribution in [2.45, 2.75) is 31.6 Å². The minimum atomic E-state index is -1.01. The molecule has 35 heavy (non-hydrogen) atoms. The van der Waals surface area contributed by atoms with E-state index in [1.54, 1.807) is 0 Å². The van der Waals surface area contributed by atoms with E-state index in [-0.39, 0.29) is 29.3 Å². The number of nitrogens with zero attached hydrogens (tertiary/aromatic N) is 4. The zero-order valence-electron chi connectivity index (χ0n) is 19.6. The van der Waals surface area contributed by atoms with Crippen LogP contribution in [0.5, 0.6) is 0 Å². The standard InChI is InChI=1S/C26H28F2N4O3/c1-2-17-6-8-18(9-7-17)19-14-20(16-32(15-19)26(33)31-10-12-34-13-11-31)25-29-24(30-35-25)21-4-3-5-22(27)23(21)28/h3-9,19-20H,2,10-16H2,1H3. The van der Waals surface area contributed by atoms with Gasteiger partial charge in [-0.1, -0.05) is 42.4 Å². The second-order valence-corrected chi connectivity index (χ2v) is 9.07. The highest BCUT2D eigenvalue weighted by molar-refractivity contribution is 5.75. The first kappa shape index (κ1) is 23.4. The minimum absolute atomic E-state index is 0.00234. The number of morpholine rings is 1. The second kappa shape index (κ2) is 10.1. The molecule has 3 aromatic rings. The van der Waals surface area contributed by atoms with Crippen molar-refractivity contribution in [2.24, 2.45) is 0 Å². The van der Waals surface area contributed by atoms with E-state index in [0.717, 1.165) is 18.1 Å². The molecule has 2 unspecified atom stereocenters. The van der Waals surface area contributed by atoms with Crippen LogP contribution >= 0.6 is 0 Å². The quantitative estimate of drug-likeness (QED) is 0.544. The Morgan fingerprint density at radius 2 is 1.77 bits per heavy atom. The smallest absolute Gasteiger partial charge is 0.320 e. The monoisotopic (exact) mass is 482 g/mol. The summed E-state index contributed by atoms with van der Waals surface area (Å²) in [4.78, 5) is 21.4. The van der Waals surface area contributed by atoms with E-state index in [0.29, 0.717) is 51.7 Å². The summed E-state index contributed by atoms with van der Waals surface area (Å²) in [7, 11) is 0. The Morgan fingerprint density at radius 3 is 2.51 bits per heavy atom. The number of rotatable bonds is 4. The molecule has 2 saturated heterocycles. The van der Waals surface area contributed by atoms with Gasteiger partial charge in [0, 0.05) is 32.1 Å². The van der Waals surface area contributed by atoms with E-state index in [4.69, 9.17) is 9.26 Å². The van der Waals surface area contributed by atoms with E-state index < -0.39 is 11.6 Å². The van der Waals surface area contributed by atoms with Crippen LogP contribution in [-0.4, -0.2) is 65.4 Å². The summed E-state index contributed by atoms with van der Waals surface area (Å²) in [5.41, 5.74) is 2.34. The molecule has 2 atom stereocenters.